The number of hydrogen-bond donors (Lipinski definition) is 1. The van der Waals surface area contributed by atoms with Gasteiger partial charge in [0.05, 0.1) is 5.41 Å². The molecule has 4 aliphatic carbocycles. The maximum Gasteiger partial charge on any atom is 0.309 e. The Labute approximate surface area is 138 Å². The smallest absolute Gasteiger partial charge is 0.309 e. The number of carboxylic acid groups (broad SMARTS) is 1. The Morgan fingerprint density at radius 1 is 1.13 bits per heavy atom. The summed E-state index contributed by atoms with van der Waals surface area (Å²) < 4.78 is 0. The van der Waals surface area contributed by atoms with Crippen molar-refractivity contribution >= 4 is 11.8 Å². The zero-order valence-electron chi connectivity index (χ0n) is 14.4. The molecule has 0 aromatic rings. The molecule has 4 fully saturated rings. The largest absolute Gasteiger partial charge is 0.481 e. The fraction of sp³-hybridized carbons (Fsp3) is 0.800. The summed E-state index contributed by atoms with van der Waals surface area (Å²) in [5.74, 6) is 0.645. The first-order valence-electron chi connectivity index (χ1n) is 9.23. The van der Waals surface area contributed by atoms with E-state index in [-0.39, 0.29) is 16.7 Å². The summed E-state index contributed by atoms with van der Waals surface area (Å²) in [6.45, 7) is 8.36. The molecule has 2 bridgehead atoms. The highest BCUT2D eigenvalue weighted by Crippen LogP contribution is 2.71. The number of ketones is 1. The fourth-order valence-corrected chi connectivity index (χ4v) is 7.37. The van der Waals surface area contributed by atoms with Crippen molar-refractivity contribution in [1.29, 1.82) is 0 Å². The molecular formula is C20H28O3. The van der Waals surface area contributed by atoms with Crippen molar-refractivity contribution in [3.8, 4) is 0 Å². The van der Waals surface area contributed by atoms with Crippen LogP contribution in [0.25, 0.3) is 0 Å². The first-order valence-corrected chi connectivity index (χ1v) is 9.23. The molecule has 23 heavy (non-hydrogen) atoms. The normalized spacial score (nSPS) is 52.0. The van der Waals surface area contributed by atoms with Crippen molar-refractivity contribution in [2.24, 2.45) is 34.0 Å². The predicted octanol–water partition coefficient (Wildman–Crippen LogP) is 4.22. The van der Waals surface area contributed by atoms with Gasteiger partial charge >= 0.3 is 5.97 Å². The third-order valence-corrected chi connectivity index (χ3v) is 8.46. The number of aliphatic carboxylic acids is 1. The molecule has 0 radical (unpaired) electrons. The lowest BCUT2D eigenvalue weighted by molar-refractivity contribution is -0.182. The maximum absolute atomic E-state index is 13.0. The van der Waals surface area contributed by atoms with E-state index in [1.807, 2.05) is 6.92 Å². The van der Waals surface area contributed by atoms with Crippen LogP contribution < -0.4 is 0 Å². The topological polar surface area (TPSA) is 54.4 Å². The summed E-state index contributed by atoms with van der Waals surface area (Å²) in [5, 5.41) is 9.89. The van der Waals surface area contributed by atoms with Crippen molar-refractivity contribution in [3.05, 3.63) is 12.2 Å². The van der Waals surface area contributed by atoms with Crippen molar-refractivity contribution in [1.82, 2.24) is 0 Å². The van der Waals surface area contributed by atoms with Crippen molar-refractivity contribution < 1.29 is 14.7 Å². The highest BCUT2D eigenvalue weighted by Gasteiger charge is 2.67. The molecule has 1 spiro atoms. The summed E-state index contributed by atoms with van der Waals surface area (Å²) in [4.78, 5) is 25.1. The molecule has 0 aliphatic heterocycles. The lowest BCUT2D eigenvalue weighted by Crippen LogP contribution is -2.59. The van der Waals surface area contributed by atoms with E-state index < -0.39 is 11.4 Å². The monoisotopic (exact) mass is 316 g/mol. The number of fused-ring (bicyclic) bond motifs is 3. The summed E-state index contributed by atoms with van der Waals surface area (Å²) in [5.41, 5.74) is 0.0347. The minimum atomic E-state index is -0.639. The van der Waals surface area contributed by atoms with Gasteiger partial charge in [-0.25, -0.2) is 0 Å². The molecule has 6 atom stereocenters. The molecule has 4 aliphatic rings. The Hall–Kier alpha value is -1.12. The highest BCUT2D eigenvalue weighted by atomic mass is 16.4. The van der Waals surface area contributed by atoms with Gasteiger partial charge in [-0.1, -0.05) is 19.9 Å². The molecule has 126 valence electrons. The summed E-state index contributed by atoms with van der Waals surface area (Å²) in [6.07, 6.45) is 7.75. The summed E-state index contributed by atoms with van der Waals surface area (Å²) in [7, 11) is 0. The number of carbonyl (C=O) groups is 2. The summed E-state index contributed by atoms with van der Waals surface area (Å²) >= 11 is 0. The van der Waals surface area contributed by atoms with E-state index in [0.29, 0.717) is 17.6 Å². The zero-order chi connectivity index (χ0) is 16.6. The number of rotatable bonds is 1. The molecule has 0 amide bonds. The molecule has 4 rings (SSSR count). The molecule has 0 aromatic carbocycles. The number of carboxylic acids is 1. The number of Topliss-reactive ketones (excluding diaryl/α,β-unsaturated/α-hetero) is 1. The van der Waals surface area contributed by atoms with E-state index in [0.717, 1.165) is 56.9 Å². The molecule has 1 N–H and O–H groups in total. The van der Waals surface area contributed by atoms with Gasteiger partial charge in [-0.3, -0.25) is 9.59 Å². The van der Waals surface area contributed by atoms with Crippen LogP contribution in [-0.2, 0) is 9.59 Å². The molecule has 0 saturated heterocycles. The molecule has 3 heteroatoms. The van der Waals surface area contributed by atoms with Gasteiger partial charge in [-0.2, -0.15) is 0 Å². The van der Waals surface area contributed by atoms with Crippen LogP contribution in [-0.4, -0.2) is 16.9 Å². The Morgan fingerprint density at radius 2 is 1.87 bits per heavy atom. The van der Waals surface area contributed by atoms with Crippen molar-refractivity contribution in [2.45, 2.75) is 65.2 Å². The lowest BCUT2D eigenvalue weighted by atomic mass is 9.41. The Morgan fingerprint density at radius 3 is 2.57 bits per heavy atom. The maximum atomic E-state index is 13.0. The first-order chi connectivity index (χ1) is 10.8. The zero-order valence-corrected chi connectivity index (χ0v) is 14.4. The van der Waals surface area contributed by atoms with Crippen molar-refractivity contribution in [2.75, 3.05) is 0 Å². The van der Waals surface area contributed by atoms with Gasteiger partial charge < -0.3 is 5.11 Å². The van der Waals surface area contributed by atoms with Crippen molar-refractivity contribution in [3.63, 3.8) is 0 Å². The van der Waals surface area contributed by atoms with Crippen LogP contribution in [0.5, 0.6) is 0 Å². The second-order valence-corrected chi connectivity index (χ2v) is 9.21. The Bertz CT molecular complexity index is 608. The average Bonchev–Trinajstić information content (AvgIpc) is 2.68. The highest BCUT2D eigenvalue weighted by molar-refractivity contribution is 6.03. The third kappa shape index (κ3) is 1.66. The lowest BCUT2D eigenvalue weighted by Gasteiger charge is -2.62. The van der Waals surface area contributed by atoms with E-state index >= 15 is 0 Å². The Balaban J connectivity index is 1.79. The first kappa shape index (κ1) is 15.4. The molecular weight excluding hydrogens is 288 g/mol. The van der Waals surface area contributed by atoms with Gasteiger partial charge in [-0.05, 0) is 80.6 Å². The van der Waals surface area contributed by atoms with E-state index in [2.05, 4.69) is 13.5 Å². The molecule has 3 nitrogen and oxygen atoms in total. The minimum absolute atomic E-state index is 0.00507. The van der Waals surface area contributed by atoms with Gasteiger partial charge in [0.25, 0.3) is 0 Å². The molecule has 4 saturated carbocycles. The van der Waals surface area contributed by atoms with Crippen LogP contribution in [0.2, 0.25) is 0 Å². The van der Waals surface area contributed by atoms with Gasteiger partial charge in [0.15, 0.2) is 5.78 Å². The van der Waals surface area contributed by atoms with Gasteiger partial charge in [0.1, 0.15) is 0 Å². The van der Waals surface area contributed by atoms with E-state index in [1.165, 1.54) is 0 Å². The molecule has 0 unspecified atom stereocenters. The van der Waals surface area contributed by atoms with Crippen LogP contribution in [0, 0.1) is 34.0 Å². The third-order valence-electron chi connectivity index (χ3n) is 8.46. The van der Waals surface area contributed by atoms with Gasteiger partial charge in [0, 0.05) is 5.41 Å². The number of carbonyl (C=O) groups excluding carboxylic acids is 1. The van der Waals surface area contributed by atoms with Crippen LogP contribution >= 0.6 is 0 Å². The quantitative estimate of drug-likeness (QED) is 0.737. The standard InChI is InChI=1S/C20H28O3/c1-12-13-5-6-15-18(2)8-4-9-19(3,17(22)23)14(18)7-10-20(15,11-13)16(12)21/h13-15H,1,4-11H2,2-3H3,(H,22,23)/t13-,14-,15+,18-,19-,20-/m1/s1. The van der Waals surface area contributed by atoms with Gasteiger partial charge in [-0.15, -0.1) is 0 Å². The van der Waals surface area contributed by atoms with Gasteiger partial charge in [0.2, 0.25) is 0 Å². The molecule has 0 aromatic heterocycles. The average molecular weight is 316 g/mol. The van der Waals surface area contributed by atoms with E-state index in [1.54, 1.807) is 0 Å². The van der Waals surface area contributed by atoms with Crippen LogP contribution in [0.15, 0.2) is 12.2 Å². The van der Waals surface area contributed by atoms with Crippen LogP contribution in [0.1, 0.15) is 65.2 Å². The van der Waals surface area contributed by atoms with Crippen LogP contribution in [0.3, 0.4) is 0 Å². The predicted molar refractivity (Wildman–Crippen MR) is 87.8 cm³/mol. The number of allylic oxidation sites excluding steroid dienone is 1. The van der Waals surface area contributed by atoms with Crippen LogP contribution in [0.4, 0.5) is 0 Å². The Kier molecular flexibility index (Phi) is 3.01. The second-order valence-electron chi connectivity index (χ2n) is 9.21. The number of hydrogen-bond acceptors (Lipinski definition) is 2. The van der Waals surface area contributed by atoms with E-state index in [4.69, 9.17) is 0 Å². The molecule has 0 heterocycles. The minimum Gasteiger partial charge on any atom is -0.481 e. The SMILES string of the molecule is C=C1C(=O)[C@@]23CC[C@@H]4[C@@](C)(CCC[C@@]4(C)C(=O)O)[C@@H]2CC[C@@H]1C3. The van der Waals surface area contributed by atoms with E-state index in [9.17, 15) is 14.7 Å². The fourth-order valence-electron chi connectivity index (χ4n) is 7.37. The second kappa shape index (κ2) is 4.49. The summed E-state index contributed by atoms with van der Waals surface area (Å²) in [6, 6.07) is 0.